The monoisotopic (exact) mass is 395 g/mol. The molecule has 120 valence electrons. The van der Waals surface area contributed by atoms with Crippen molar-refractivity contribution in [1.29, 1.82) is 0 Å². The molecule has 0 radical (unpaired) electrons. The molecule has 4 nitrogen and oxygen atoms in total. The largest absolute Gasteiger partial charge is 0.391 e. The molecular formula is C14H22BrNO3S2. The molecule has 1 aromatic heterocycles. The molecule has 0 saturated carbocycles. The Morgan fingerprint density at radius 1 is 1.43 bits per heavy atom. The van der Waals surface area contributed by atoms with Gasteiger partial charge in [-0.2, -0.15) is 4.31 Å². The maximum absolute atomic E-state index is 12.8. The van der Waals surface area contributed by atoms with E-state index < -0.39 is 10.0 Å². The molecule has 0 bridgehead atoms. The number of aliphatic hydroxyl groups is 1. The van der Waals surface area contributed by atoms with E-state index in [1.165, 1.54) is 11.3 Å². The topological polar surface area (TPSA) is 57.6 Å². The summed E-state index contributed by atoms with van der Waals surface area (Å²) < 4.78 is 27.8. The van der Waals surface area contributed by atoms with Crippen molar-refractivity contribution in [3.05, 3.63) is 14.7 Å². The Hall–Kier alpha value is 0.0500. The van der Waals surface area contributed by atoms with Crippen LogP contribution in [-0.2, 0) is 16.6 Å². The van der Waals surface area contributed by atoms with Gasteiger partial charge >= 0.3 is 0 Å². The van der Waals surface area contributed by atoms with Gasteiger partial charge in [0.25, 0.3) is 0 Å². The van der Waals surface area contributed by atoms with Gasteiger partial charge < -0.3 is 5.11 Å². The number of sulfonamides is 1. The summed E-state index contributed by atoms with van der Waals surface area (Å²) in [6.07, 6.45) is 2.93. The molecule has 21 heavy (non-hydrogen) atoms. The molecule has 1 fully saturated rings. The Morgan fingerprint density at radius 3 is 2.71 bits per heavy atom. The molecule has 1 aromatic rings. The predicted octanol–water partition coefficient (Wildman–Crippen LogP) is 3.45. The van der Waals surface area contributed by atoms with E-state index in [-0.39, 0.29) is 6.61 Å². The van der Waals surface area contributed by atoms with Crippen LogP contribution in [0.5, 0.6) is 0 Å². The highest BCUT2D eigenvalue weighted by molar-refractivity contribution is 9.11. The highest BCUT2D eigenvalue weighted by atomic mass is 79.9. The van der Waals surface area contributed by atoms with Crippen molar-refractivity contribution in [2.45, 2.75) is 44.6 Å². The van der Waals surface area contributed by atoms with Gasteiger partial charge in [-0.3, -0.25) is 0 Å². The quantitative estimate of drug-likeness (QED) is 0.848. The first-order valence-electron chi connectivity index (χ1n) is 7.25. The number of hydrogen-bond acceptors (Lipinski definition) is 4. The molecule has 7 heteroatoms. The molecule has 0 spiro atoms. The summed E-state index contributed by atoms with van der Waals surface area (Å²) in [6.45, 7) is 5.45. The second-order valence-corrected chi connectivity index (χ2v) is 10.2. The SMILES string of the molecule is CC(C)C1CCCN(S(=O)(=O)c2cc(CO)sc2Br)CC1. The van der Waals surface area contributed by atoms with Crippen molar-refractivity contribution >= 4 is 37.3 Å². The molecule has 1 unspecified atom stereocenters. The summed E-state index contributed by atoms with van der Waals surface area (Å²) in [5.41, 5.74) is 0. The Bertz CT molecular complexity index is 583. The lowest BCUT2D eigenvalue weighted by molar-refractivity contribution is 0.285. The lowest BCUT2D eigenvalue weighted by Crippen LogP contribution is -2.32. The van der Waals surface area contributed by atoms with Gasteiger partial charge in [0.2, 0.25) is 10.0 Å². The van der Waals surface area contributed by atoms with E-state index in [2.05, 4.69) is 29.8 Å². The van der Waals surface area contributed by atoms with Crippen LogP contribution in [0.1, 0.15) is 38.0 Å². The van der Waals surface area contributed by atoms with Crippen molar-refractivity contribution in [2.24, 2.45) is 11.8 Å². The summed E-state index contributed by atoms with van der Waals surface area (Å²) in [4.78, 5) is 0.954. The van der Waals surface area contributed by atoms with Gasteiger partial charge in [0.1, 0.15) is 4.90 Å². The maximum atomic E-state index is 12.8. The van der Waals surface area contributed by atoms with Crippen LogP contribution in [0.2, 0.25) is 0 Å². The van der Waals surface area contributed by atoms with Gasteiger partial charge in [-0.25, -0.2) is 8.42 Å². The van der Waals surface area contributed by atoms with E-state index in [4.69, 9.17) is 0 Å². The van der Waals surface area contributed by atoms with Crippen LogP contribution in [-0.4, -0.2) is 30.9 Å². The van der Waals surface area contributed by atoms with E-state index in [9.17, 15) is 13.5 Å². The Morgan fingerprint density at radius 2 is 2.14 bits per heavy atom. The van der Waals surface area contributed by atoms with Crippen LogP contribution in [0.3, 0.4) is 0 Å². The first-order valence-corrected chi connectivity index (χ1v) is 10.3. The molecule has 1 atom stereocenters. The van der Waals surface area contributed by atoms with E-state index in [1.54, 1.807) is 10.4 Å². The molecule has 0 aromatic carbocycles. The lowest BCUT2D eigenvalue weighted by Gasteiger charge is -2.21. The summed E-state index contributed by atoms with van der Waals surface area (Å²) in [6, 6.07) is 1.58. The van der Waals surface area contributed by atoms with Crippen LogP contribution in [0.25, 0.3) is 0 Å². The highest BCUT2D eigenvalue weighted by Gasteiger charge is 2.31. The average Bonchev–Trinajstić information content (AvgIpc) is 2.65. The Kier molecular flexibility index (Phi) is 5.87. The Balaban J connectivity index is 2.21. The third-order valence-corrected chi connectivity index (χ3v) is 8.29. The summed E-state index contributed by atoms with van der Waals surface area (Å²) in [5, 5.41) is 9.17. The predicted molar refractivity (Wildman–Crippen MR) is 88.9 cm³/mol. The van der Waals surface area contributed by atoms with Crippen LogP contribution in [0, 0.1) is 11.8 Å². The summed E-state index contributed by atoms with van der Waals surface area (Å²) in [5.74, 6) is 1.20. The van der Waals surface area contributed by atoms with Crippen LogP contribution >= 0.6 is 27.3 Å². The van der Waals surface area contributed by atoms with Crippen LogP contribution in [0.4, 0.5) is 0 Å². The molecule has 2 rings (SSSR count). The van der Waals surface area contributed by atoms with E-state index in [0.29, 0.717) is 38.5 Å². The fraction of sp³-hybridized carbons (Fsp3) is 0.714. The maximum Gasteiger partial charge on any atom is 0.245 e. The third-order valence-electron chi connectivity index (χ3n) is 4.15. The van der Waals surface area contributed by atoms with Crippen molar-refractivity contribution < 1.29 is 13.5 Å². The smallest absolute Gasteiger partial charge is 0.245 e. The Labute approximate surface area is 139 Å². The number of nitrogens with zero attached hydrogens (tertiary/aromatic N) is 1. The summed E-state index contributed by atoms with van der Waals surface area (Å²) >= 11 is 4.59. The number of hydrogen-bond donors (Lipinski definition) is 1. The molecule has 0 amide bonds. The zero-order valence-electron chi connectivity index (χ0n) is 12.4. The molecule has 1 N–H and O–H groups in total. The second-order valence-electron chi connectivity index (χ2n) is 5.85. The highest BCUT2D eigenvalue weighted by Crippen LogP contribution is 2.35. The summed E-state index contributed by atoms with van der Waals surface area (Å²) in [7, 11) is -3.47. The van der Waals surface area contributed by atoms with E-state index in [1.807, 2.05) is 0 Å². The molecule has 1 aliphatic rings. The second kappa shape index (κ2) is 7.08. The van der Waals surface area contributed by atoms with Crippen LogP contribution < -0.4 is 0 Å². The van der Waals surface area contributed by atoms with Gasteiger partial charge in [0, 0.05) is 18.0 Å². The third kappa shape index (κ3) is 3.88. The van der Waals surface area contributed by atoms with E-state index in [0.717, 1.165) is 19.3 Å². The minimum absolute atomic E-state index is 0.131. The zero-order valence-corrected chi connectivity index (χ0v) is 15.6. The lowest BCUT2D eigenvalue weighted by atomic mass is 9.89. The van der Waals surface area contributed by atoms with Gasteiger partial charge in [-0.1, -0.05) is 13.8 Å². The molecule has 1 aliphatic heterocycles. The van der Waals surface area contributed by atoms with Crippen molar-refractivity contribution in [3.63, 3.8) is 0 Å². The minimum Gasteiger partial charge on any atom is -0.391 e. The van der Waals surface area contributed by atoms with Gasteiger partial charge in [0.05, 0.1) is 10.4 Å². The van der Waals surface area contributed by atoms with Crippen molar-refractivity contribution in [1.82, 2.24) is 4.31 Å². The van der Waals surface area contributed by atoms with E-state index >= 15 is 0 Å². The van der Waals surface area contributed by atoms with Crippen molar-refractivity contribution in [2.75, 3.05) is 13.1 Å². The zero-order chi connectivity index (χ0) is 15.6. The van der Waals surface area contributed by atoms with Crippen molar-refractivity contribution in [3.8, 4) is 0 Å². The van der Waals surface area contributed by atoms with Crippen LogP contribution in [0.15, 0.2) is 14.7 Å². The number of aliphatic hydroxyl groups excluding tert-OH is 1. The van der Waals surface area contributed by atoms with Gasteiger partial charge in [-0.05, 0) is 53.1 Å². The fourth-order valence-corrected chi connectivity index (χ4v) is 6.78. The normalized spacial score (nSPS) is 21.7. The molecular weight excluding hydrogens is 374 g/mol. The molecule has 1 saturated heterocycles. The average molecular weight is 396 g/mol. The molecule has 2 heterocycles. The number of halogens is 1. The fourth-order valence-electron chi connectivity index (χ4n) is 2.79. The first-order chi connectivity index (χ1) is 9.86. The first kappa shape index (κ1) is 17.4. The number of thiophene rings is 1. The van der Waals surface area contributed by atoms with Gasteiger partial charge in [0.15, 0.2) is 0 Å². The number of rotatable bonds is 4. The molecule has 0 aliphatic carbocycles. The minimum atomic E-state index is -3.47. The van der Waals surface area contributed by atoms with Gasteiger partial charge in [-0.15, -0.1) is 11.3 Å². The standard InChI is InChI=1S/C14H22BrNO3S2/c1-10(2)11-4-3-6-16(7-5-11)21(18,19)13-8-12(9-17)20-14(13)15/h8,10-11,17H,3-7,9H2,1-2H3.